The first-order valence-electron chi connectivity index (χ1n) is 8.55. The summed E-state index contributed by atoms with van der Waals surface area (Å²) in [6.45, 7) is 3.71. The number of sulfonamides is 1. The Morgan fingerprint density at radius 2 is 1.97 bits per heavy atom. The molecule has 0 spiro atoms. The van der Waals surface area contributed by atoms with E-state index < -0.39 is 15.9 Å². The molecule has 0 atom stereocenters. The van der Waals surface area contributed by atoms with E-state index in [9.17, 15) is 18.3 Å². The van der Waals surface area contributed by atoms with Crippen molar-refractivity contribution < 1.29 is 23.1 Å². The summed E-state index contributed by atoms with van der Waals surface area (Å²) in [6.07, 6.45) is 3.05. The molecule has 1 amide bonds. The lowest BCUT2D eigenvalue weighted by Crippen LogP contribution is -2.29. The fraction of sp³-hybridized carbons (Fsp3) is 0.100. The Bertz CT molecular complexity index is 1160. The molecule has 1 aliphatic heterocycles. The number of hydrogen-bond acceptors (Lipinski definition) is 6. The number of methoxy groups -OCH3 is 1. The van der Waals surface area contributed by atoms with Gasteiger partial charge in [-0.3, -0.25) is 9.69 Å². The topological polar surface area (TPSA) is 96.3 Å². The summed E-state index contributed by atoms with van der Waals surface area (Å²) in [7, 11) is -2.63. The lowest BCUT2D eigenvalue weighted by molar-refractivity contribution is -0.121. The molecule has 2 aromatic carbocycles. The Morgan fingerprint density at radius 1 is 1.27 bits per heavy atom. The fourth-order valence-electron chi connectivity index (χ4n) is 2.56. The van der Waals surface area contributed by atoms with Crippen LogP contribution in [0.25, 0.3) is 6.08 Å². The average molecular weight is 465 g/mol. The number of carbonyl (C=O) groups excluding carboxylic acids is 1. The molecule has 10 heteroatoms. The van der Waals surface area contributed by atoms with E-state index in [1.807, 2.05) is 0 Å². The average Bonchev–Trinajstić information content (AvgIpc) is 2.98. The van der Waals surface area contributed by atoms with Crippen LogP contribution in [0.5, 0.6) is 11.5 Å². The van der Waals surface area contributed by atoms with Crippen LogP contribution in [0.4, 0.5) is 0 Å². The Hall–Kier alpha value is -2.75. The van der Waals surface area contributed by atoms with Crippen LogP contribution in [-0.2, 0) is 14.8 Å². The molecule has 0 aromatic heterocycles. The highest BCUT2D eigenvalue weighted by molar-refractivity contribution is 8.19. The lowest BCUT2D eigenvalue weighted by atomic mass is 10.2. The number of phenolic OH excluding ortho intramolecular Hbond substituents is 1. The number of carbonyl (C=O) groups is 1. The van der Waals surface area contributed by atoms with Crippen molar-refractivity contribution in [3.8, 4) is 11.5 Å². The van der Waals surface area contributed by atoms with Gasteiger partial charge in [0, 0.05) is 11.6 Å². The number of amides is 1. The highest BCUT2D eigenvalue weighted by Crippen LogP contribution is 2.35. The molecule has 156 valence electrons. The number of amidine groups is 1. The fourth-order valence-corrected chi connectivity index (χ4v) is 4.88. The van der Waals surface area contributed by atoms with Crippen molar-refractivity contribution in [1.29, 1.82) is 0 Å². The van der Waals surface area contributed by atoms with E-state index in [0.29, 0.717) is 10.6 Å². The summed E-state index contributed by atoms with van der Waals surface area (Å²) < 4.78 is 34.3. The van der Waals surface area contributed by atoms with Crippen LogP contribution in [0.15, 0.2) is 69.3 Å². The van der Waals surface area contributed by atoms with Gasteiger partial charge >= 0.3 is 0 Å². The number of benzene rings is 2. The van der Waals surface area contributed by atoms with Gasteiger partial charge in [-0.2, -0.15) is 8.42 Å². The number of thioether (sulfide) groups is 1. The quantitative estimate of drug-likeness (QED) is 0.514. The number of aromatic hydroxyl groups is 1. The van der Waals surface area contributed by atoms with Crippen LogP contribution >= 0.6 is 23.4 Å². The first kappa shape index (κ1) is 21.9. The monoisotopic (exact) mass is 464 g/mol. The summed E-state index contributed by atoms with van der Waals surface area (Å²) in [5.41, 5.74) is 0.598. The minimum absolute atomic E-state index is 0.0202. The maximum atomic E-state index is 12.8. The molecule has 30 heavy (non-hydrogen) atoms. The minimum Gasteiger partial charge on any atom is -0.504 e. The highest BCUT2D eigenvalue weighted by atomic mass is 35.5. The van der Waals surface area contributed by atoms with E-state index in [4.69, 9.17) is 16.3 Å². The second-order valence-corrected chi connectivity index (χ2v) is 9.10. The number of nitrogens with zero attached hydrogens (tertiary/aromatic N) is 2. The van der Waals surface area contributed by atoms with Gasteiger partial charge in [-0.05, 0) is 59.8 Å². The second kappa shape index (κ2) is 8.95. The van der Waals surface area contributed by atoms with Crippen molar-refractivity contribution in [2.45, 2.75) is 4.90 Å². The molecular formula is C20H17ClN2O5S2. The standard InChI is InChI=1S/C20H17ClN2O5S2/c1-3-10-23-19(25)18(12-13-4-9-16(24)17(11-13)28-2)29-20(23)22-30(26,27)15-7-5-14(21)6-8-15/h3-9,11-12,24H,1,10H2,2H3/b18-12-,22-20+. The highest BCUT2D eigenvalue weighted by Gasteiger charge is 2.34. The summed E-state index contributed by atoms with van der Waals surface area (Å²) in [5, 5.41) is 10.1. The molecule has 1 saturated heterocycles. The number of rotatable bonds is 6. The molecule has 1 heterocycles. The lowest BCUT2D eigenvalue weighted by Gasteiger charge is -2.12. The Balaban J connectivity index is 1.99. The molecule has 0 unspecified atom stereocenters. The maximum Gasteiger partial charge on any atom is 0.284 e. The second-order valence-electron chi connectivity index (χ2n) is 6.05. The van der Waals surface area contributed by atoms with E-state index >= 15 is 0 Å². The third-order valence-electron chi connectivity index (χ3n) is 4.01. The summed E-state index contributed by atoms with van der Waals surface area (Å²) >= 11 is 6.75. The van der Waals surface area contributed by atoms with Crippen molar-refractivity contribution in [2.75, 3.05) is 13.7 Å². The number of ether oxygens (including phenoxy) is 1. The number of phenols is 1. The smallest absolute Gasteiger partial charge is 0.284 e. The summed E-state index contributed by atoms with van der Waals surface area (Å²) in [4.78, 5) is 14.3. The number of halogens is 1. The maximum absolute atomic E-state index is 12.8. The molecule has 0 aliphatic carbocycles. The molecule has 3 rings (SSSR count). The van der Waals surface area contributed by atoms with Gasteiger partial charge in [0.25, 0.3) is 15.9 Å². The predicted molar refractivity (Wildman–Crippen MR) is 118 cm³/mol. The molecule has 1 aliphatic rings. The van der Waals surface area contributed by atoms with E-state index in [1.54, 1.807) is 18.2 Å². The summed E-state index contributed by atoms with van der Waals surface area (Å²) in [5.74, 6) is -0.186. The number of hydrogen-bond donors (Lipinski definition) is 1. The molecule has 2 aromatic rings. The van der Waals surface area contributed by atoms with Crippen LogP contribution in [0.1, 0.15) is 5.56 Å². The van der Waals surface area contributed by atoms with E-state index in [1.165, 1.54) is 48.4 Å². The predicted octanol–water partition coefficient (Wildman–Crippen LogP) is 3.90. The van der Waals surface area contributed by atoms with Crippen molar-refractivity contribution in [3.63, 3.8) is 0 Å². The summed E-state index contributed by atoms with van der Waals surface area (Å²) in [6, 6.07) is 10.2. The SMILES string of the molecule is C=CCN1C(=O)/C(=C/c2ccc(O)c(OC)c2)S/C1=N/S(=O)(=O)c1ccc(Cl)cc1. The first-order valence-corrected chi connectivity index (χ1v) is 11.2. The van der Waals surface area contributed by atoms with Gasteiger partial charge in [-0.25, -0.2) is 0 Å². The van der Waals surface area contributed by atoms with Gasteiger partial charge in [0.15, 0.2) is 16.7 Å². The molecule has 1 N–H and O–H groups in total. The van der Waals surface area contributed by atoms with Crippen LogP contribution in [0, 0.1) is 0 Å². The van der Waals surface area contributed by atoms with Gasteiger partial charge in [0.05, 0.1) is 16.9 Å². The van der Waals surface area contributed by atoms with Gasteiger partial charge in [-0.15, -0.1) is 11.0 Å². The molecule has 0 saturated carbocycles. The van der Waals surface area contributed by atoms with Crippen LogP contribution in [0.3, 0.4) is 0 Å². The Labute approximate surface area is 183 Å². The third-order valence-corrected chi connectivity index (χ3v) is 6.67. The third kappa shape index (κ3) is 4.69. The van der Waals surface area contributed by atoms with Crippen LogP contribution in [0.2, 0.25) is 5.02 Å². The largest absolute Gasteiger partial charge is 0.504 e. The normalized spacial score (nSPS) is 17.0. The first-order chi connectivity index (χ1) is 14.2. The van der Waals surface area contributed by atoms with E-state index in [2.05, 4.69) is 11.0 Å². The van der Waals surface area contributed by atoms with Gasteiger partial charge in [-0.1, -0.05) is 23.7 Å². The van der Waals surface area contributed by atoms with Crippen molar-refractivity contribution in [1.82, 2.24) is 4.90 Å². The molecule has 0 radical (unpaired) electrons. The molecular weight excluding hydrogens is 448 g/mol. The van der Waals surface area contributed by atoms with Crippen molar-refractivity contribution in [2.24, 2.45) is 4.40 Å². The van der Waals surface area contributed by atoms with Gasteiger partial charge in [0.2, 0.25) is 0 Å². The zero-order valence-electron chi connectivity index (χ0n) is 15.8. The molecule has 7 nitrogen and oxygen atoms in total. The van der Waals surface area contributed by atoms with Crippen molar-refractivity contribution >= 4 is 50.5 Å². The zero-order chi connectivity index (χ0) is 21.9. The van der Waals surface area contributed by atoms with Crippen LogP contribution in [-0.4, -0.2) is 43.2 Å². The minimum atomic E-state index is -4.05. The Kier molecular flexibility index (Phi) is 6.55. The van der Waals surface area contributed by atoms with Gasteiger partial charge in [0.1, 0.15) is 0 Å². The van der Waals surface area contributed by atoms with E-state index in [0.717, 1.165) is 11.8 Å². The molecule has 1 fully saturated rings. The van der Waals surface area contributed by atoms with Crippen LogP contribution < -0.4 is 4.74 Å². The Morgan fingerprint density at radius 3 is 2.60 bits per heavy atom. The van der Waals surface area contributed by atoms with Crippen molar-refractivity contribution in [3.05, 3.63) is 70.6 Å². The van der Waals surface area contributed by atoms with Gasteiger partial charge < -0.3 is 9.84 Å². The zero-order valence-corrected chi connectivity index (χ0v) is 18.2. The molecule has 0 bridgehead atoms. The van der Waals surface area contributed by atoms with E-state index in [-0.39, 0.29) is 33.0 Å².